The van der Waals surface area contributed by atoms with Crippen LogP contribution < -0.4 is 14.9 Å². The number of nitrogens with zero attached hydrogens (tertiary/aromatic N) is 1. The number of aryl methyl sites for hydroxylation is 1. The van der Waals surface area contributed by atoms with Gasteiger partial charge >= 0.3 is 5.97 Å². The van der Waals surface area contributed by atoms with Gasteiger partial charge in [-0.25, -0.2) is 10.2 Å². The number of carbonyl (C=O) groups excluding carboxylic acids is 2. The second-order valence-corrected chi connectivity index (χ2v) is 7.58. The number of phenolic OH excluding ortho intramolecular Hbond substituents is 1. The Morgan fingerprint density at radius 1 is 0.912 bits per heavy atom. The first-order valence-corrected chi connectivity index (χ1v) is 10.5. The summed E-state index contributed by atoms with van der Waals surface area (Å²) in [5, 5.41) is 15.8. The van der Waals surface area contributed by atoms with E-state index in [-0.39, 0.29) is 17.1 Å². The van der Waals surface area contributed by atoms with Crippen LogP contribution in [0.15, 0.2) is 84.0 Å². The van der Waals surface area contributed by atoms with Crippen LogP contribution in [-0.4, -0.2) is 30.3 Å². The number of benzene rings is 4. The van der Waals surface area contributed by atoms with E-state index in [1.165, 1.54) is 19.4 Å². The maximum atomic E-state index is 12.5. The van der Waals surface area contributed by atoms with Crippen molar-refractivity contribution in [3.05, 3.63) is 101 Å². The van der Waals surface area contributed by atoms with E-state index in [1.807, 2.05) is 43.3 Å². The number of esters is 1. The normalized spacial score (nSPS) is 10.9. The van der Waals surface area contributed by atoms with Crippen molar-refractivity contribution in [3.8, 4) is 17.2 Å². The zero-order valence-corrected chi connectivity index (χ0v) is 18.6. The van der Waals surface area contributed by atoms with Gasteiger partial charge in [-0.2, -0.15) is 5.10 Å². The molecule has 2 N–H and O–H groups in total. The zero-order chi connectivity index (χ0) is 24.1. The molecule has 170 valence electrons. The van der Waals surface area contributed by atoms with Crippen molar-refractivity contribution in [2.45, 2.75) is 6.92 Å². The first kappa shape index (κ1) is 22.5. The molecular formula is C27H22N2O5. The number of nitrogens with one attached hydrogen (secondary N) is 1. The van der Waals surface area contributed by atoms with Crippen LogP contribution in [0.3, 0.4) is 0 Å². The first-order chi connectivity index (χ1) is 16.4. The molecule has 4 aromatic rings. The number of rotatable bonds is 6. The highest BCUT2D eigenvalue weighted by molar-refractivity contribution is 6.01. The van der Waals surface area contributed by atoms with Crippen LogP contribution >= 0.6 is 0 Å². The summed E-state index contributed by atoms with van der Waals surface area (Å²) in [5.41, 5.74) is 4.60. The lowest BCUT2D eigenvalue weighted by Gasteiger charge is -2.10. The van der Waals surface area contributed by atoms with E-state index < -0.39 is 11.9 Å². The molecule has 0 saturated heterocycles. The third kappa shape index (κ3) is 5.05. The van der Waals surface area contributed by atoms with Crippen molar-refractivity contribution >= 4 is 28.9 Å². The standard InChI is InChI=1S/C27H22N2O5/c1-17-7-10-19(11-8-17)27(32)34-24-12-9-18(13-25(24)33-2)16-28-29-26(31)22-14-20-5-3-4-6-21(20)15-23(22)30/h3-16,30H,1-2H3,(H,29,31). The molecule has 1 amide bonds. The number of fused-ring (bicyclic) bond motifs is 1. The summed E-state index contributed by atoms with van der Waals surface area (Å²) >= 11 is 0. The van der Waals surface area contributed by atoms with Crippen LogP contribution in [-0.2, 0) is 0 Å². The van der Waals surface area contributed by atoms with Crippen LogP contribution in [0, 0.1) is 6.92 Å². The molecule has 0 fully saturated rings. The van der Waals surface area contributed by atoms with E-state index in [0.717, 1.165) is 16.3 Å². The van der Waals surface area contributed by atoms with Gasteiger partial charge in [-0.3, -0.25) is 4.79 Å². The summed E-state index contributed by atoms with van der Waals surface area (Å²) in [6.45, 7) is 1.94. The van der Waals surface area contributed by atoms with Gasteiger partial charge in [0.2, 0.25) is 0 Å². The van der Waals surface area contributed by atoms with E-state index in [4.69, 9.17) is 9.47 Å². The monoisotopic (exact) mass is 454 g/mol. The third-order valence-electron chi connectivity index (χ3n) is 5.17. The topological polar surface area (TPSA) is 97.2 Å². The first-order valence-electron chi connectivity index (χ1n) is 10.5. The van der Waals surface area contributed by atoms with Gasteiger partial charge in [0.1, 0.15) is 5.75 Å². The quantitative estimate of drug-likeness (QED) is 0.188. The largest absolute Gasteiger partial charge is 0.507 e. The van der Waals surface area contributed by atoms with Crippen molar-refractivity contribution in [3.63, 3.8) is 0 Å². The lowest BCUT2D eigenvalue weighted by atomic mass is 10.1. The highest BCUT2D eigenvalue weighted by Gasteiger charge is 2.14. The number of hydrazone groups is 1. The Labute approximate surface area is 196 Å². The molecule has 0 aliphatic heterocycles. The van der Waals surface area contributed by atoms with Gasteiger partial charge in [0.05, 0.1) is 24.5 Å². The van der Waals surface area contributed by atoms with Crippen molar-refractivity contribution in [2.24, 2.45) is 5.10 Å². The smallest absolute Gasteiger partial charge is 0.343 e. The lowest BCUT2D eigenvalue weighted by molar-refractivity contribution is 0.0729. The average Bonchev–Trinajstić information content (AvgIpc) is 2.84. The minimum absolute atomic E-state index is 0.117. The summed E-state index contributed by atoms with van der Waals surface area (Å²) in [4.78, 5) is 24.9. The Balaban J connectivity index is 1.45. The van der Waals surface area contributed by atoms with Crippen LogP contribution in [0.1, 0.15) is 31.8 Å². The SMILES string of the molecule is COc1cc(C=NNC(=O)c2cc3ccccc3cc2O)ccc1OC(=O)c1ccc(C)cc1. The summed E-state index contributed by atoms with van der Waals surface area (Å²) in [6.07, 6.45) is 1.42. The third-order valence-corrected chi connectivity index (χ3v) is 5.17. The molecule has 7 nitrogen and oxygen atoms in total. The molecule has 0 heterocycles. The molecule has 0 atom stereocenters. The molecule has 0 spiro atoms. The summed E-state index contributed by atoms with van der Waals surface area (Å²) < 4.78 is 10.8. The van der Waals surface area contributed by atoms with Crippen molar-refractivity contribution < 1.29 is 24.2 Å². The predicted molar refractivity (Wildman–Crippen MR) is 130 cm³/mol. The Morgan fingerprint density at radius 2 is 1.62 bits per heavy atom. The molecular weight excluding hydrogens is 432 g/mol. The number of methoxy groups -OCH3 is 1. The second-order valence-electron chi connectivity index (χ2n) is 7.58. The molecule has 0 aromatic heterocycles. The maximum Gasteiger partial charge on any atom is 0.343 e. The van der Waals surface area contributed by atoms with Gasteiger partial charge in [0.25, 0.3) is 5.91 Å². The number of ether oxygens (including phenoxy) is 2. The number of hydrogen-bond acceptors (Lipinski definition) is 6. The summed E-state index contributed by atoms with van der Waals surface area (Å²) in [6, 6.07) is 22.5. The Bertz CT molecular complexity index is 1390. The maximum absolute atomic E-state index is 12.5. The fraction of sp³-hybridized carbons (Fsp3) is 0.0741. The van der Waals surface area contributed by atoms with Crippen LogP contribution in [0.5, 0.6) is 17.2 Å². The molecule has 34 heavy (non-hydrogen) atoms. The Hall–Kier alpha value is -4.65. The molecule has 4 rings (SSSR count). The number of amides is 1. The molecule has 0 aliphatic carbocycles. The minimum atomic E-state index is -0.546. The van der Waals surface area contributed by atoms with Crippen molar-refractivity contribution in [1.82, 2.24) is 5.43 Å². The summed E-state index contributed by atoms with van der Waals surface area (Å²) in [7, 11) is 1.46. The van der Waals surface area contributed by atoms with Crippen LogP contribution in [0.25, 0.3) is 10.8 Å². The van der Waals surface area contributed by atoms with Gasteiger partial charge in [0, 0.05) is 0 Å². The second kappa shape index (κ2) is 9.87. The van der Waals surface area contributed by atoms with Crippen molar-refractivity contribution in [1.29, 1.82) is 0 Å². The van der Waals surface area contributed by atoms with Crippen molar-refractivity contribution in [2.75, 3.05) is 7.11 Å². The van der Waals surface area contributed by atoms with E-state index in [2.05, 4.69) is 10.5 Å². The number of aromatic hydroxyl groups is 1. The van der Waals surface area contributed by atoms with Crippen LogP contribution in [0.4, 0.5) is 0 Å². The van der Waals surface area contributed by atoms with Gasteiger partial charge in [-0.1, -0.05) is 42.0 Å². The van der Waals surface area contributed by atoms with Gasteiger partial charge in [-0.05, 0) is 65.7 Å². The lowest BCUT2D eigenvalue weighted by Crippen LogP contribution is -2.17. The zero-order valence-electron chi connectivity index (χ0n) is 18.6. The fourth-order valence-electron chi connectivity index (χ4n) is 3.33. The van der Waals surface area contributed by atoms with Crippen LogP contribution in [0.2, 0.25) is 0 Å². The van der Waals surface area contributed by atoms with Gasteiger partial charge in [0.15, 0.2) is 11.5 Å². The molecule has 0 bridgehead atoms. The molecule has 0 aliphatic rings. The van der Waals surface area contributed by atoms with Gasteiger partial charge in [-0.15, -0.1) is 0 Å². The van der Waals surface area contributed by atoms with Gasteiger partial charge < -0.3 is 14.6 Å². The predicted octanol–water partition coefficient (Wildman–Crippen LogP) is 4.85. The number of phenols is 1. The molecule has 4 aromatic carbocycles. The van der Waals surface area contributed by atoms with E-state index in [0.29, 0.717) is 16.9 Å². The average molecular weight is 454 g/mol. The molecule has 7 heteroatoms. The Morgan fingerprint density at radius 3 is 2.32 bits per heavy atom. The number of carbonyl (C=O) groups is 2. The van der Waals surface area contributed by atoms with E-state index >= 15 is 0 Å². The fourth-order valence-corrected chi connectivity index (χ4v) is 3.33. The molecule has 0 radical (unpaired) electrons. The highest BCUT2D eigenvalue weighted by Crippen LogP contribution is 2.28. The minimum Gasteiger partial charge on any atom is -0.507 e. The Kier molecular flexibility index (Phi) is 6.54. The highest BCUT2D eigenvalue weighted by atomic mass is 16.6. The molecule has 0 saturated carbocycles. The summed E-state index contributed by atoms with van der Waals surface area (Å²) in [5.74, 6) is -0.580. The van der Waals surface area contributed by atoms with E-state index in [1.54, 1.807) is 36.4 Å². The number of hydrogen-bond donors (Lipinski definition) is 2. The van der Waals surface area contributed by atoms with E-state index in [9.17, 15) is 14.7 Å². The molecule has 0 unspecified atom stereocenters.